The topological polar surface area (TPSA) is 160 Å². The number of ether oxygens (including phenoxy) is 1. The molecule has 0 bridgehead atoms. The van der Waals surface area contributed by atoms with Gasteiger partial charge in [0.25, 0.3) is 16.0 Å². The average Bonchev–Trinajstić information content (AvgIpc) is 2.86. The molecule has 0 spiro atoms. The number of nitrogens with zero attached hydrogens (tertiary/aromatic N) is 1. The maximum absolute atomic E-state index is 12.1. The second-order valence-electron chi connectivity index (χ2n) is 6.04. The summed E-state index contributed by atoms with van der Waals surface area (Å²) in [5.41, 5.74) is 2.12. The maximum atomic E-state index is 12.1. The molecule has 1 atom stereocenters. The molecule has 1 fully saturated rings. The predicted molar refractivity (Wildman–Crippen MR) is 94.0 cm³/mol. The Balaban J connectivity index is 1.96. The molecule has 1 aromatic carbocycles. The number of fused-ring (bicyclic) bond motifs is 1. The van der Waals surface area contributed by atoms with Gasteiger partial charge in [-0.3, -0.25) is 24.4 Å². The van der Waals surface area contributed by atoms with Crippen LogP contribution in [0.2, 0.25) is 0 Å². The zero-order chi connectivity index (χ0) is 20.8. The van der Waals surface area contributed by atoms with Crippen molar-refractivity contribution in [2.24, 2.45) is 0 Å². The number of carbonyl (C=O) groups is 3. The first-order valence-electron chi connectivity index (χ1n) is 7.84. The zero-order valence-electron chi connectivity index (χ0n) is 14.6. The Labute approximate surface area is 157 Å². The van der Waals surface area contributed by atoms with Crippen molar-refractivity contribution in [3.05, 3.63) is 34.2 Å². The van der Waals surface area contributed by atoms with Crippen LogP contribution in [0.1, 0.15) is 18.9 Å². The van der Waals surface area contributed by atoms with Crippen LogP contribution >= 0.6 is 0 Å². The predicted octanol–water partition coefficient (Wildman–Crippen LogP) is 0.369. The SMILES string of the molecule is CC(=O)Oc1c(C)c2ccc(NN3C(=O)CC(S(=O)(=O)O)C3=O)cc2oc1=O. The summed E-state index contributed by atoms with van der Waals surface area (Å²) in [6, 6.07) is 4.24. The van der Waals surface area contributed by atoms with Crippen LogP contribution in [0, 0.1) is 6.92 Å². The summed E-state index contributed by atoms with van der Waals surface area (Å²) in [5.74, 6) is -2.92. The number of amides is 2. The van der Waals surface area contributed by atoms with E-state index in [0.717, 1.165) is 6.92 Å². The fraction of sp³-hybridized carbons (Fsp3) is 0.250. The molecule has 2 N–H and O–H groups in total. The molecule has 1 saturated heterocycles. The van der Waals surface area contributed by atoms with Crippen molar-refractivity contribution in [1.29, 1.82) is 0 Å². The van der Waals surface area contributed by atoms with Gasteiger partial charge in [0, 0.05) is 23.9 Å². The largest absolute Gasteiger partial charge is 0.420 e. The molecule has 28 heavy (non-hydrogen) atoms. The van der Waals surface area contributed by atoms with E-state index in [1.54, 1.807) is 6.92 Å². The lowest BCUT2D eigenvalue weighted by atomic mass is 10.1. The highest BCUT2D eigenvalue weighted by molar-refractivity contribution is 7.87. The molecule has 2 aromatic rings. The molecule has 12 heteroatoms. The first-order chi connectivity index (χ1) is 13.0. The average molecular weight is 410 g/mol. The zero-order valence-corrected chi connectivity index (χ0v) is 15.4. The van der Waals surface area contributed by atoms with Gasteiger partial charge < -0.3 is 9.15 Å². The Hall–Kier alpha value is -3.25. The van der Waals surface area contributed by atoms with E-state index in [9.17, 15) is 27.6 Å². The van der Waals surface area contributed by atoms with Crippen molar-refractivity contribution in [3.63, 3.8) is 0 Å². The number of anilines is 1. The van der Waals surface area contributed by atoms with Gasteiger partial charge in [-0.05, 0) is 19.1 Å². The molecule has 2 heterocycles. The summed E-state index contributed by atoms with van der Waals surface area (Å²) < 4.78 is 41.4. The van der Waals surface area contributed by atoms with Crippen molar-refractivity contribution in [2.75, 3.05) is 5.43 Å². The van der Waals surface area contributed by atoms with Crippen LogP contribution in [-0.2, 0) is 24.5 Å². The number of imide groups is 1. The van der Waals surface area contributed by atoms with Gasteiger partial charge in [0.15, 0.2) is 5.25 Å². The molecule has 1 aliphatic rings. The van der Waals surface area contributed by atoms with Crippen LogP contribution in [0.3, 0.4) is 0 Å². The summed E-state index contributed by atoms with van der Waals surface area (Å²) >= 11 is 0. The van der Waals surface area contributed by atoms with Crippen LogP contribution in [0.5, 0.6) is 5.75 Å². The lowest BCUT2D eigenvalue weighted by molar-refractivity contribution is -0.136. The smallest absolute Gasteiger partial charge is 0.380 e. The lowest BCUT2D eigenvalue weighted by Gasteiger charge is -2.17. The number of esters is 1. The van der Waals surface area contributed by atoms with Gasteiger partial charge in [0.05, 0.1) is 12.1 Å². The van der Waals surface area contributed by atoms with E-state index in [0.29, 0.717) is 16.0 Å². The summed E-state index contributed by atoms with van der Waals surface area (Å²) in [6.45, 7) is 2.69. The van der Waals surface area contributed by atoms with Crippen molar-refractivity contribution in [3.8, 4) is 5.75 Å². The van der Waals surface area contributed by atoms with Gasteiger partial charge in [-0.15, -0.1) is 0 Å². The van der Waals surface area contributed by atoms with Gasteiger partial charge >= 0.3 is 11.6 Å². The van der Waals surface area contributed by atoms with E-state index in [1.165, 1.54) is 18.2 Å². The van der Waals surface area contributed by atoms with Crippen molar-refractivity contribution in [1.82, 2.24) is 5.01 Å². The van der Waals surface area contributed by atoms with Gasteiger partial charge in [0.1, 0.15) is 5.58 Å². The number of benzene rings is 1. The maximum Gasteiger partial charge on any atom is 0.380 e. The van der Waals surface area contributed by atoms with Gasteiger partial charge in [-0.1, -0.05) is 0 Å². The molecule has 1 unspecified atom stereocenters. The quantitative estimate of drug-likeness (QED) is 0.312. The first kappa shape index (κ1) is 19.5. The second kappa shape index (κ2) is 6.73. The van der Waals surface area contributed by atoms with Gasteiger partial charge in [0.2, 0.25) is 11.7 Å². The highest BCUT2D eigenvalue weighted by Gasteiger charge is 2.46. The minimum Gasteiger partial charge on any atom is -0.420 e. The number of hydrogen-bond donors (Lipinski definition) is 2. The number of aryl methyl sites for hydroxylation is 1. The molecule has 3 rings (SSSR count). The summed E-state index contributed by atoms with van der Waals surface area (Å²) in [7, 11) is -4.72. The number of hydrazine groups is 1. The number of hydrogen-bond acceptors (Lipinski definition) is 9. The van der Waals surface area contributed by atoms with Crippen molar-refractivity contribution >= 4 is 44.6 Å². The summed E-state index contributed by atoms with van der Waals surface area (Å²) in [4.78, 5) is 47.1. The molecule has 1 aromatic heterocycles. The monoisotopic (exact) mass is 410 g/mol. The van der Waals surface area contributed by atoms with E-state index in [1.807, 2.05) is 0 Å². The van der Waals surface area contributed by atoms with Crippen molar-refractivity contribution in [2.45, 2.75) is 25.5 Å². The molecule has 11 nitrogen and oxygen atoms in total. The fourth-order valence-corrected chi connectivity index (χ4v) is 3.47. The van der Waals surface area contributed by atoms with Gasteiger partial charge in [-0.2, -0.15) is 13.4 Å². The third-order valence-electron chi connectivity index (χ3n) is 4.07. The Morgan fingerprint density at radius 2 is 2.00 bits per heavy atom. The molecule has 148 valence electrons. The molecular weight excluding hydrogens is 396 g/mol. The van der Waals surface area contributed by atoms with Crippen LogP contribution < -0.4 is 15.8 Å². The van der Waals surface area contributed by atoms with Crippen LogP contribution in [0.4, 0.5) is 5.69 Å². The molecular formula is C16H14N2O9S. The first-order valence-corrected chi connectivity index (χ1v) is 9.35. The lowest BCUT2D eigenvalue weighted by Crippen LogP contribution is -2.38. The minimum absolute atomic E-state index is 0.0776. The summed E-state index contributed by atoms with van der Waals surface area (Å²) in [5, 5.41) is -0.964. The van der Waals surface area contributed by atoms with Crippen molar-refractivity contribution < 1.29 is 36.5 Å². The standard InChI is InChI=1S/C16H14N2O9S/c1-7-10-4-3-9(5-11(10)27-16(22)14(7)26-8(2)19)17-18-13(20)6-12(15(18)21)28(23,24)25/h3-5,12,17H,6H2,1-2H3,(H,23,24,25). The molecule has 1 aliphatic heterocycles. The van der Waals surface area contributed by atoms with E-state index < -0.39 is 45.2 Å². The molecule has 0 radical (unpaired) electrons. The Kier molecular flexibility index (Phi) is 4.69. The highest BCUT2D eigenvalue weighted by atomic mass is 32.2. The Bertz CT molecular complexity index is 1180. The van der Waals surface area contributed by atoms with E-state index in [2.05, 4.69) is 5.43 Å². The van der Waals surface area contributed by atoms with E-state index in [-0.39, 0.29) is 17.0 Å². The molecule has 0 aliphatic carbocycles. The van der Waals surface area contributed by atoms with Crippen LogP contribution in [0.15, 0.2) is 27.4 Å². The third-order valence-corrected chi connectivity index (χ3v) is 5.15. The molecule has 2 amide bonds. The third kappa shape index (κ3) is 3.46. The normalized spacial score (nSPS) is 17.2. The molecule has 0 saturated carbocycles. The highest BCUT2D eigenvalue weighted by Crippen LogP contribution is 2.27. The Morgan fingerprint density at radius 3 is 2.57 bits per heavy atom. The number of carbonyl (C=O) groups excluding carboxylic acids is 3. The van der Waals surface area contributed by atoms with Crippen LogP contribution in [-0.4, -0.2) is 41.0 Å². The van der Waals surface area contributed by atoms with E-state index in [4.69, 9.17) is 13.7 Å². The van der Waals surface area contributed by atoms with Gasteiger partial charge in [-0.25, -0.2) is 4.79 Å². The summed E-state index contributed by atoms with van der Waals surface area (Å²) in [6.07, 6.45) is -0.696. The number of nitrogens with one attached hydrogen (secondary N) is 1. The second-order valence-corrected chi connectivity index (χ2v) is 7.63. The Morgan fingerprint density at radius 1 is 1.32 bits per heavy atom. The number of rotatable bonds is 4. The fourth-order valence-electron chi connectivity index (χ4n) is 2.75. The minimum atomic E-state index is -4.72. The van der Waals surface area contributed by atoms with Crippen LogP contribution in [0.25, 0.3) is 11.0 Å². The van der Waals surface area contributed by atoms with E-state index >= 15 is 0 Å².